The zero-order valence-electron chi connectivity index (χ0n) is 12.1. The molecule has 1 aliphatic heterocycles. The monoisotopic (exact) mass is 263 g/mol. The van der Waals surface area contributed by atoms with Crippen molar-refractivity contribution in [2.45, 2.75) is 71.1 Å². The van der Waals surface area contributed by atoms with E-state index in [1.54, 1.807) is 0 Å². The molecule has 1 aliphatic rings. The minimum atomic E-state index is 0.317. The third kappa shape index (κ3) is 3.89. The maximum Gasteiger partial charge on any atom is 0.0424 e. The van der Waals surface area contributed by atoms with E-state index < -0.39 is 0 Å². The van der Waals surface area contributed by atoms with E-state index in [0.29, 0.717) is 11.1 Å². The van der Waals surface area contributed by atoms with Gasteiger partial charge in [0.15, 0.2) is 0 Å². The average molecular weight is 263 g/mol. The summed E-state index contributed by atoms with van der Waals surface area (Å²) in [5.74, 6) is 0.875. The van der Waals surface area contributed by atoms with E-state index in [1.807, 2.05) is 13.8 Å². The topological polar surface area (TPSA) is 3.24 Å². The van der Waals surface area contributed by atoms with Crippen molar-refractivity contribution in [1.82, 2.24) is 4.90 Å². The van der Waals surface area contributed by atoms with Gasteiger partial charge in [0, 0.05) is 17.0 Å². The number of likely N-dealkylation sites (tertiary alicyclic amines) is 1. The number of hydrogen-bond acceptors (Lipinski definition) is 2. The second-order valence-electron chi connectivity index (χ2n) is 5.59. The molecule has 0 radical (unpaired) electrons. The van der Waals surface area contributed by atoms with Crippen LogP contribution in [0.3, 0.4) is 0 Å². The first kappa shape index (κ1) is 16.7. The molecule has 0 aromatic rings. The van der Waals surface area contributed by atoms with Gasteiger partial charge in [-0.05, 0) is 52.9 Å². The molecule has 1 unspecified atom stereocenters. The molecule has 1 heterocycles. The Balaban J connectivity index is 0.00000106. The molecule has 0 aliphatic carbocycles. The van der Waals surface area contributed by atoms with Gasteiger partial charge in [0.25, 0.3) is 0 Å². The lowest BCUT2D eigenvalue weighted by atomic mass is 9.80. The SMILES string of the molecule is CC.CPC1CC(C)(C)N(CS)C(C)(C)C1. The lowest BCUT2D eigenvalue weighted by Gasteiger charge is -2.54. The van der Waals surface area contributed by atoms with Crippen LogP contribution in [0.2, 0.25) is 0 Å². The Morgan fingerprint density at radius 3 is 1.75 bits per heavy atom. The minimum absolute atomic E-state index is 0.317. The number of nitrogens with zero attached hydrogens (tertiary/aromatic N) is 1. The van der Waals surface area contributed by atoms with Gasteiger partial charge in [-0.25, -0.2) is 0 Å². The molecular formula is C13H30NPS. The Morgan fingerprint density at radius 2 is 1.50 bits per heavy atom. The van der Waals surface area contributed by atoms with E-state index in [1.165, 1.54) is 12.8 Å². The van der Waals surface area contributed by atoms with Crippen LogP contribution >= 0.6 is 21.2 Å². The molecule has 1 rings (SSSR count). The molecule has 0 aromatic carbocycles. The first-order valence-corrected chi connectivity index (χ1v) is 8.60. The largest absolute Gasteiger partial charge is 0.284 e. The number of hydrogen-bond donors (Lipinski definition) is 1. The van der Waals surface area contributed by atoms with Crippen molar-refractivity contribution in [2.24, 2.45) is 0 Å². The first-order chi connectivity index (χ1) is 7.33. The van der Waals surface area contributed by atoms with Gasteiger partial charge in [-0.15, -0.1) is 8.58 Å². The smallest absolute Gasteiger partial charge is 0.0424 e. The van der Waals surface area contributed by atoms with Gasteiger partial charge in [-0.1, -0.05) is 13.8 Å². The molecule has 3 heteroatoms. The molecule has 1 nitrogen and oxygen atoms in total. The molecule has 0 spiro atoms. The molecule has 0 N–H and O–H groups in total. The highest BCUT2D eigenvalue weighted by molar-refractivity contribution is 7.80. The Kier molecular flexibility index (Phi) is 6.92. The van der Waals surface area contributed by atoms with Crippen LogP contribution in [0, 0.1) is 0 Å². The molecule has 1 fully saturated rings. The van der Waals surface area contributed by atoms with Crippen LogP contribution in [-0.2, 0) is 0 Å². The van der Waals surface area contributed by atoms with Gasteiger partial charge in [0.05, 0.1) is 0 Å². The van der Waals surface area contributed by atoms with Crippen LogP contribution < -0.4 is 0 Å². The summed E-state index contributed by atoms with van der Waals surface area (Å²) in [5, 5.41) is 0. The quantitative estimate of drug-likeness (QED) is 0.576. The Hall–Kier alpha value is 0.740. The van der Waals surface area contributed by atoms with Crippen molar-refractivity contribution >= 4 is 21.2 Å². The summed E-state index contributed by atoms with van der Waals surface area (Å²) in [7, 11) is 1.08. The summed E-state index contributed by atoms with van der Waals surface area (Å²) in [6.45, 7) is 15.8. The highest BCUT2D eigenvalue weighted by atomic mass is 32.1. The molecule has 0 saturated carbocycles. The summed E-state index contributed by atoms with van der Waals surface area (Å²) in [6.07, 6.45) is 2.65. The van der Waals surface area contributed by atoms with Gasteiger partial charge in [0.2, 0.25) is 0 Å². The van der Waals surface area contributed by atoms with Gasteiger partial charge in [0.1, 0.15) is 0 Å². The summed E-state index contributed by atoms with van der Waals surface area (Å²) in [6, 6.07) is 0. The molecule has 16 heavy (non-hydrogen) atoms. The van der Waals surface area contributed by atoms with Crippen LogP contribution in [0.1, 0.15) is 54.4 Å². The first-order valence-electron chi connectivity index (χ1n) is 6.39. The maximum absolute atomic E-state index is 4.48. The molecule has 1 atom stereocenters. The zero-order valence-corrected chi connectivity index (χ0v) is 14.0. The average Bonchev–Trinajstić information content (AvgIpc) is 2.17. The molecule has 98 valence electrons. The predicted octanol–water partition coefficient (Wildman–Crippen LogP) is 4.23. The van der Waals surface area contributed by atoms with E-state index in [9.17, 15) is 0 Å². The summed E-state index contributed by atoms with van der Waals surface area (Å²) in [4.78, 5) is 2.54. The van der Waals surface area contributed by atoms with Gasteiger partial charge in [-0.3, -0.25) is 4.90 Å². The van der Waals surface area contributed by atoms with E-state index in [-0.39, 0.29) is 0 Å². The maximum atomic E-state index is 4.48. The molecule has 0 bridgehead atoms. The summed E-state index contributed by atoms with van der Waals surface area (Å²) in [5.41, 5.74) is 1.55. The lowest BCUT2D eigenvalue weighted by molar-refractivity contribution is -0.00510. The third-order valence-corrected chi connectivity index (χ3v) is 5.01. The van der Waals surface area contributed by atoms with Crippen molar-refractivity contribution in [1.29, 1.82) is 0 Å². The standard InChI is InChI=1S/C11H24NPS.C2H6/c1-10(2)6-9(13-5)7-11(3,4)12(10)8-14;1-2/h9,13-14H,6-8H2,1-5H3;1-2H3. The Labute approximate surface area is 110 Å². The number of thiol groups is 1. The van der Waals surface area contributed by atoms with E-state index >= 15 is 0 Å². The molecule has 0 amide bonds. The highest BCUT2D eigenvalue weighted by Crippen LogP contribution is 2.43. The Bertz CT molecular complexity index is 186. The second kappa shape index (κ2) is 6.61. The van der Waals surface area contributed by atoms with Crippen LogP contribution in [0.5, 0.6) is 0 Å². The fourth-order valence-electron chi connectivity index (χ4n) is 2.90. The second-order valence-corrected chi connectivity index (χ2v) is 7.26. The summed E-state index contributed by atoms with van der Waals surface area (Å²) < 4.78 is 0. The zero-order chi connectivity index (χ0) is 13.0. The van der Waals surface area contributed by atoms with E-state index in [0.717, 1.165) is 20.1 Å². The fraction of sp³-hybridized carbons (Fsp3) is 1.00. The van der Waals surface area contributed by atoms with Crippen molar-refractivity contribution in [3.8, 4) is 0 Å². The van der Waals surface area contributed by atoms with E-state index in [4.69, 9.17) is 0 Å². The van der Waals surface area contributed by atoms with Crippen LogP contribution in [0.15, 0.2) is 0 Å². The van der Waals surface area contributed by atoms with Gasteiger partial charge in [-0.2, -0.15) is 12.6 Å². The summed E-state index contributed by atoms with van der Waals surface area (Å²) >= 11 is 4.48. The van der Waals surface area contributed by atoms with Crippen LogP contribution in [-0.4, -0.2) is 34.2 Å². The van der Waals surface area contributed by atoms with Crippen LogP contribution in [0.4, 0.5) is 0 Å². The molecule has 1 saturated heterocycles. The van der Waals surface area contributed by atoms with Crippen molar-refractivity contribution in [3.05, 3.63) is 0 Å². The number of piperidine rings is 1. The van der Waals surface area contributed by atoms with Crippen molar-refractivity contribution in [3.63, 3.8) is 0 Å². The molecular weight excluding hydrogens is 233 g/mol. The molecule has 0 aromatic heterocycles. The van der Waals surface area contributed by atoms with Crippen LogP contribution in [0.25, 0.3) is 0 Å². The van der Waals surface area contributed by atoms with Crippen molar-refractivity contribution in [2.75, 3.05) is 12.5 Å². The highest BCUT2D eigenvalue weighted by Gasteiger charge is 2.43. The predicted molar refractivity (Wildman–Crippen MR) is 82.5 cm³/mol. The normalized spacial score (nSPS) is 25.5. The number of rotatable bonds is 2. The third-order valence-electron chi connectivity index (χ3n) is 3.50. The Morgan fingerprint density at radius 1 is 1.12 bits per heavy atom. The lowest BCUT2D eigenvalue weighted by Crippen LogP contribution is -2.60. The van der Waals surface area contributed by atoms with Gasteiger partial charge >= 0.3 is 0 Å². The van der Waals surface area contributed by atoms with Gasteiger partial charge < -0.3 is 0 Å². The fourth-order valence-corrected chi connectivity index (χ4v) is 5.08. The minimum Gasteiger partial charge on any atom is -0.284 e. The van der Waals surface area contributed by atoms with Crippen molar-refractivity contribution < 1.29 is 0 Å². The van der Waals surface area contributed by atoms with E-state index in [2.05, 4.69) is 51.9 Å².